The molecular weight excluding hydrogens is 204 g/mol. The van der Waals surface area contributed by atoms with Gasteiger partial charge in [-0.2, -0.15) is 0 Å². The minimum atomic E-state index is -0.0500. The van der Waals surface area contributed by atoms with E-state index in [1.165, 1.54) is 0 Å². The van der Waals surface area contributed by atoms with Crippen molar-refractivity contribution in [3.8, 4) is 0 Å². The Kier molecular flexibility index (Phi) is 3.10. The quantitative estimate of drug-likeness (QED) is 0.803. The number of benzene rings is 1. The van der Waals surface area contributed by atoms with Gasteiger partial charge in [0.1, 0.15) is 0 Å². The Bertz CT molecular complexity index is 400. The molecule has 16 heavy (non-hydrogen) atoms. The third kappa shape index (κ3) is 2.02. The summed E-state index contributed by atoms with van der Waals surface area (Å²) in [5, 5.41) is 6.00. The Balaban J connectivity index is 2.21. The molecule has 0 saturated carbocycles. The monoisotopic (exact) mass is 220 g/mol. The number of rotatable bonds is 3. The second kappa shape index (κ2) is 4.53. The number of hydrogen-bond donors (Lipinski definition) is 2. The molecule has 1 amide bonds. The molecule has 1 aliphatic heterocycles. The summed E-state index contributed by atoms with van der Waals surface area (Å²) in [6, 6.07) is 6.08. The lowest BCUT2D eigenvalue weighted by molar-refractivity contribution is 0.0211. The maximum Gasteiger partial charge on any atom is 0.251 e. The lowest BCUT2D eigenvalue weighted by atomic mass is 10.1. The summed E-state index contributed by atoms with van der Waals surface area (Å²) in [5.41, 5.74) is 2.70. The van der Waals surface area contributed by atoms with E-state index < -0.39 is 0 Å². The molecule has 4 nitrogen and oxygen atoms in total. The molecule has 1 aromatic carbocycles. The molecule has 0 radical (unpaired) electrons. The van der Waals surface area contributed by atoms with Crippen LogP contribution in [-0.4, -0.2) is 32.2 Å². The molecule has 2 rings (SSSR count). The van der Waals surface area contributed by atoms with Gasteiger partial charge in [-0.25, -0.2) is 0 Å². The predicted molar refractivity (Wildman–Crippen MR) is 62.8 cm³/mol. The molecule has 86 valence electrons. The van der Waals surface area contributed by atoms with Crippen LogP contribution in [0.4, 0.5) is 5.69 Å². The highest BCUT2D eigenvalue weighted by molar-refractivity contribution is 5.96. The molecule has 1 saturated heterocycles. The number of hydrogen-bond acceptors (Lipinski definition) is 3. The highest BCUT2D eigenvalue weighted by Gasteiger charge is 2.19. The number of amides is 1. The van der Waals surface area contributed by atoms with Crippen LogP contribution >= 0.6 is 0 Å². The first-order valence-corrected chi connectivity index (χ1v) is 5.38. The molecule has 0 aromatic heterocycles. The first kappa shape index (κ1) is 11.0. The number of ether oxygens (including phenoxy) is 1. The first-order valence-electron chi connectivity index (χ1n) is 5.38. The van der Waals surface area contributed by atoms with Crippen LogP contribution in [0.15, 0.2) is 18.2 Å². The molecular formula is C12H16N2O2. The van der Waals surface area contributed by atoms with E-state index in [2.05, 4.69) is 10.6 Å². The van der Waals surface area contributed by atoms with Crippen molar-refractivity contribution < 1.29 is 9.53 Å². The van der Waals surface area contributed by atoms with Gasteiger partial charge in [0.15, 0.2) is 0 Å². The smallest absolute Gasteiger partial charge is 0.251 e. The topological polar surface area (TPSA) is 50.4 Å². The van der Waals surface area contributed by atoms with E-state index in [4.69, 9.17) is 4.74 Å². The van der Waals surface area contributed by atoms with Gasteiger partial charge < -0.3 is 15.4 Å². The van der Waals surface area contributed by atoms with Crippen molar-refractivity contribution in [3.63, 3.8) is 0 Å². The summed E-state index contributed by atoms with van der Waals surface area (Å²) >= 11 is 0. The zero-order valence-corrected chi connectivity index (χ0v) is 9.54. The van der Waals surface area contributed by atoms with Gasteiger partial charge in [-0.05, 0) is 24.6 Å². The van der Waals surface area contributed by atoms with E-state index >= 15 is 0 Å². The summed E-state index contributed by atoms with van der Waals surface area (Å²) in [5.74, 6) is -0.0500. The van der Waals surface area contributed by atoms with Gasteiger partial charge >= 0.3 is 0 Å². The first-order chi connectivity index (χ1) is 7.72. The van der Waals surface area contributed by atoms with Crippen LogP contribution in [-0.2, 0) is 4.74 Å². The molecule has 1 heterocycles. The third-order valence-corrected chi connectivity index (χ3v) is 2.80. The van der Waals surface area contributed by atoms with E-state index in [9.17, 15) is 4.79 Å². The minimum absolute atomic E-state index is 0.0500. The fourth-order valence-corrected chi connectivity index (χ4v) is 1.71. The van der Waals surface area contributed by atoms with Crippen molar-refractivity contribution in [2.24, 2.45) is 0 Å². The van der Waals surface area contributed by atoms with Crippen molar-refractivity contribution >= 4 is 11.6 Å². The van der Waals surface area contributed by atoms with Crippen LogP contribution in [0, 0.1) is 6.92 Å². The molecule has 0 unspecified atom stereocenters. The highest BCUT2D eigenvalue weighted by Crippen LogP contribution is 2.21. The Labute approximate surface area is 95.0 Å². The van der Waals surface area contributed by atoms with Crippen molar-refractivity contribution in [1.29, 1.82) is 0 Å². The van der Waals surface area contributed by atoms with E-state index in [0.29, 0.717) is 11.6 Å². The van der Waals surface area contributed by atoms with Gasteiger partial charge in [-0.15, -0.1) is 0 Å². The Hall–Kier alpha value is -1.55. The number of anilines is 1. The molecule has 2 N–H and O–H groups in total. The Morgan fingerprint density at radius 1 is 1.44 bits per heavy atom. The second-order valence-corrected chi connectivity index (χ2v) is 3.94. The summed E-state index contributed by atoms with van der Waals surface area (Å²) in [4.78, 5) is 11.6. The average molecular weight is 220 g/mol. The van der Waals surface area contributed by atoms with Gasteiger partial charge in [-0.3, -0.25) is 4.79 Å². The molecule has 4 heteroatoms. The Morgan fingerprint density at radius 2 is 2.19 bits per heavy atom. The molecule has 0 aliphatic carbocycles. The number of carbonyl (C=O) groups excluding carboxylic acids is 1. The average Bonchev–Trinajstić information content (AvgIpc) is 2.24. The van der Waals surface area contributed by atoms with Gasteiger partial charge in [0.2, 0.25) is 0 Å². The second-order valence-electron chi connectivity index (χ2n) is 3.94. The van der Waals surface area contributed by atoms with E-state index in [-0.39, 0.29) is 5.91 Å². The van der Waals surface area contributed by atoms with Gasteiger partial charge in [0.25, 0.3) is 5.91 Å². The van der Waals surface area contributed by atoms with Gasteiger partial charge in [0.05, 0.1) is 19.3 Å². The van der Waals surface area contributed by atoms with E-state index in [0.717, 1.165) is 24.5 Å². The van der Waals surface area contributed by atoms with Crippen LogP contribution < -0.4 is 10.6 Å². The zero-order valence-electron chi connectivity index (χ0n) is 9.54. The maximum absolute atomic E-state index is 11.6. The largest absolute Gasteiger partial charge is 0.377 e. The van der Waals surface area contributed by atoms with Gasteiger partial charge in [0, 0.05) is 18.3 Å². The van der Waals surface area contributed by atoms with Crippen molar-refractivity contribution in [3.05, 3.63) is 29.3 Å². The lowest BCUT2D eigenvalue weighted by Gasteiger charge is -2.28. The molecule has 0 spiro atoms. The van der Waals surface area contributed by atoms with E-state index in [1.807, 2.05) is 25.1 Å². The molecule has 0 atom stereocenters. The van der Waals surface area contributed by atoms with Crippen LogP contribution in [0.25, 0.3) is 0 Å². The lowest BCUT2D eigenvalue weighted by Crippen LogP contribution is -2.40. The summed E-state index contributed by atoms with van der Waals surface area (Å²) in [6.07, 6.45) is 0. The maximum atomic E-state index is 11.6. The van der Waals surface area contributed by atoms with Crippen LogP contribution in [0.5, 0.6) is 0 Å². The third-order valence-electron chi connectivity index (χ3n) is 2.80. The molecule has 1 aromatic rings. The van der Waals surface area contributed by atoms with Crippen LogP contribution in [0.2, 0.25) is 0 Å². The Morgan fingerprint density at radius 3 is 2.75 bits per heavy atom. The normalized spacial score (nSPS) is 15.4. The molecule has 0 bridgehead atoms. The zero-order chi connectivity index (χ0) is 11.5. The predicted octanol–water partition coefficient (Wildman–Crippen LogP) is 1.17. The number of carbonyl (C=O) groups is 1. The molecule has 1 fully saturated rings. The molecule has 1 aliphatic rings. The van der Waals surface area contributed by atoms with Gasteiger partial charge in [-0.1, -0.05) is 6.07 Å². The van der Waals surface area contributed by atoms with Crippen LogP contribution in [0.1, 0.15) is 15.9 Å². The summed E-state index contributed by atoms with van der Waals surface area (Å²) < 4.78 is 5.10. The fourth-order valence-electron chi connectivity index (χ4n) is 1.71. The van der Waals surface area contributed by atoms with Crippen LogP contribution in [0.3, 0.4) is 0 Å². The summed E-state index contributed by atoms with van der Waals surface area (Å²) in [7, 11) is 1.64. The van der Waals surface area contributed by atoms with Crippen molar-refractivity contribution in [1.82, 2.24) is 5.32 Å². The fraction of sp³-hybridized carbons (Fsp3) is 0.417. The summed E-state index contributed by atoms with van der Waals surface area (Å²) in [6.45, 7) is 3.43. The van der Waals surface area contributed by atoms with Crippen molar-refractivity contribution in [2.75, 3.05) is 25.6 Å². The minimum Gasteiger partial charge on any atom is -0.377 e. The SMILES string of the molecule is CNC(=O)c1cccc(NC2COC2)c1C. The van der Waals surface area contributed by atoms with E-state index in [1.54, 1.807) is 7.05 Å². The standard InChI is InChI=1S/C12H16N2O2/c1-8-10(12(15)13-2)4-3-5-11(8)14-9-6-16-7-9/h3-5,9,14H,6-7H2,1-2H3,(H,13,15). The van der Waals surface area contributed by atoms with Crippen molar-refractivity contribution in [2.45, 2.75) is 13.0 Å². The highest BCUT2D eigenvalue weighted by atomic mass is 16.5. The number of nitrogens with one attached hydrogen (secondary N) is 2.